The van der Waals surface area contributed by atoms with Gasteiger partial charge in [-0.1, -0.05) is 6.42 Å². The predicted octanol–water partition coefficient (Wildman–Crippen LogP) is 1.73. The van der Waals surface area contributed by atoms with Crippen molar-refractivity contribution in [1.82, 2.24) is 10.2 Å². The highest BCUT2D eigenvalue weighted by Crippen LogP contribution is 2.11. The van der Waals surface area contributed by atoms with E-state index in [1.807, 2.05) is 17.0 Å². The van der Waals surface area contributed by atoms with Gasteiger partial charge in [0.25, 0.3) is 0 Å². The molecule has 5 heteroatoms. The number of nitrogens with zero attached hydrogens (tertiary/aromatic N) is 1. The molecule has 0 atom stereocenters. The molecule has 1 saturated heterocycles. The Kier molecular flexibility index (Phi) is 5.65. The summed E-state index contributed by atoms with van der Waals surface area (Å²) in [5, 5.41) is 2.85. The number of amides is 2. The van der Waals surface area contributed by atoms with Crippen molar-refractivity contribution in [2.75, 3.05) is 19.6 Å². The number of hydrogen-bond donors (Lipinski definition) is 1. The molecule has 1 aliphatic rings. The van der Waals surface area contributed by atoms with E-state index < -0.39 is 0 Å². The summed E-state index contributed by atoms with van der Waals surface area (Å²) in [6.45, 7) is 1.89. The molecular formula is C15H22N2O3. The fourth-order valence-corrected chi connectivity index (χ4v) is 2.38. The molecule has 2 amide bonds. The van der Waals surface area contributed by atoms with Crippen molar-refractivity contribution < 1.29 is 14.0 Å². The summed E-state index contributed by atoms with van der Waals surface area (Å²) in [4.78, 5) is 25.3. The summed E-state index contributed by atoms with van der Waals surface area (Å²) in [6, 6.07) is 3.73. The predicted molar refractivity (Wildman–Crippen MR) is 75.1 cm³/mol. The van der Waals surface area contributed by atoms with E-state index in [-0.39, 0.29) is 11.8 Å². The van der Waals surface area contributed by atoms with Crippen LogP contribution in [-0.2, 0) is 16.0 Å². The minimum Gasteiger partial charge on any atom is -0.469 e. The molecule has 0 spiro atoms. The lowest BCUT2D eigenvalue weighted by atomic mass is 10.2. The third-order valence-electron chi connectivity index (χ3n) is 3.55. The molecule has 1 aromatic heterocycles. The van der Waals surface area contributed by atoms with Crippen LogP contribution in [0.3, 0.4) is 0 Å². The minimum atomic E-state index is -0.00592. The van der Waals surface area contributed by atoms with Crippen LogP contribution < -0.4 is 5.32 Å². The maximum atomic E-state index is 11.8. The Morgan fingerprint density at radius 1 is 1.35 bits per heavy atom. The van der Waals surface area contributed by atoms with E-state index in [4.69, 9.17) is 4.42 Å². The molecular weight excluding hydrogens is 256 g/mol. The summed E-state index contributed by atoms with van der Waals surface area (Å²) in [6.07, 6.45) is 6.46. The SMILES string of the molecule is O=C(CCN1CCCCCC1=O)NCCc1ccco1. The third-order valence-corrected chi connectivity index (χ3v) is 3.55. The molecule has 110 valence electrons. The van der Waals surface area contributed by atoms with Gasteiger partial charge in [-0.2, -0.15) is 0 Å². The first-order valence-corrected chi connectivity index (χ1v) is 7.32. The molecule has 0 radical (unpaired) electrons. The van der Waals surface area contributed by atoms with E-state index in [1.165, 1.54) is 0 Å². The van der Waals surface area contributed by atoms with E-state index in [9.17, 15) is 9.59 Å². The normalized spacial score (nSPS) is 16.0. The zero-order valence-electron chi connectivity index (χ0n) is 11.8. The number of carbonyl (C=O) groups is 2. The van der Waals surface area contributed by atoms with Crippen LogP contribution in [0.1, 0.15) is 37.9 Å². The maximum absolute atomic E-state index is 11.8. The second-order valence-electron chi connectivity index (χ2n) is 5.12. The number of furan rings is 1. The lowest BCUT2D eigenvalue weighted by Crippen LogP contribution is -2.35. The third kappa shape index (κ3) is 4.72. The average Bonchev–Trinajstić information content (AvgIpc) is 2.86. The Bertz CT molecular complexity index is 428. The molecule has 0 unspecified atom stereocenters. The first kappa shape index (κ1) is 14.6. The second-order valence-corrected chi connectivity index (χ2v) is 5.12. The Morgan fingerprint density at radius 2 is 2.25 bits per heavy atom. The van der Waals surface area contributed by atoms with Gasteiger partial charge >= 0.3 is 0 Å². The largest absolute Gasteiger partial charge is 0.469 e. The first-order valence-electron chi connectivity index (χ1n) is 7.32. The van der Waals surface area contributed by atoms with Gasteiger partial charge in [0.15, 0.2) is 0 Å². The summed E-state index contributed by atoms with van der Waals surface area (Å²) in [5.41, 5.74) is 0. The molecule has 1 N–H and O–H groups in total. The molecule has 5 nitrogen and oxygen atoms in total. The molecule has 1 aromatic rings. The lowest BCUT2D eigenvalue weighted by molar-refractivity contribution is -0.131. The second kappa shape index (κ2) is 7.72. The van der Waals surface area contributed by atoms with E-state index >= 15 is 0 Å². The van der Waals surface area contributed by atoms with E-state index in [2.05, 4.69) is 5.32 Å². The summed E-state index contributed by atoms with van der Waals surface area (Å²) >= 11 is 0. The van der Waals surface area contributed by atoms with Crippen molar-refractivity contribution in [3.8, 4) is 0 Å². The highest BCUT2D eigenvalue weighted by molar-refractivity contribution is 5.79. The van der Waals surface area contributed by atoms with Crippen molar-refractivity contribution in [2.45, 2.75) is 38.5 Å². The molecule has 0 aliphatic carbocycles. The van der Waals surface area contributed by atoms with E-state index in [0.717, 1.165) is 31.6 Å². The van der Waals surface area contributed by atoms with E-state index in [0.29, 0.717) is 32.4 Å². The average molecular weight is 278 g/mol. The Labute approximate surface area is 119 Å². The molecule has 0 saturated carbocycles. The highest BCUT2D eigenvalue weighted by atomic mass is 16.3. The van der Waals surface area contributed by atoms with Crippen molar-refractivity contribution in [3.05, 3.63) is 24.2 Å². The quantitative estimate of drug-likeness (QED) is 0.862. The highest BCUT2D eigenvalue weighted by Gasteiger charge is 2.17. The molecule has 0 aromatic carbocycles. The monoisotopic (exact) mass is 278 g/mol. The van der Waals surface area contributed by atoms with Crippen LogP contribution in [0.15, 0.2) is 22.8 Å². The summed E-state index contributed by atoms with van der Waals surface area (Å²) < 4.78 is 5.19. The summed E-state index contributed by atoms with van der Waals surface area (Å²) in [7, 11) is 0. The van der Waals surface area contributed by atoms with Gasteiger partial charge in [0.2, 0.25) is 11.8 Å². The van der Waals surface area contributed by atoms with Gasteiger partial charge in [0.05, 0.1) is 6.26 Å². The number of likely N-dealkylation sites (tertiary alicyclic amines) is 1. The van der Waals surface area contributed by atoms with Crippen LogP contribution in [0.25, 0.3) is 0 Å². The summed E-state index contributed by atoms with van der Waals surface area (Å²) in [5.74, 6) is 1.05. The van der Waals surface area contributed by atoms with Crippen LogP contribution in [0.4, 0.5) is 0 Å². The Morgan fingerprint density at radius 3 is 3.05 bits per heavy atom. The number of rotatable bonds is 6. The fourth-order valence-electron chi connectivity index (χ4n) is 2.38. The van der Waals surface area contributed by atoms with Gasteiger partial charge < -0.3 is 14.6 Å². The molecule has 20 heavy (non-hydrogen) atoms. The van der Waals surface area contributed by atoms with Crippen molar-refractivity contribution in [3.63, 3.8) is 0 Å². The van der Waals surface area contributed by atoms with Crippen LogP contribution in [-0.4, -0.2) is 36.3 Å². The fraction of sp³-hybridized carbons (Fsp3) is 0.600. The lowest BCUT2D eigenvalue weighted by Gasteiger charge is -2.19. The molecule has 2 rings (SSSR count). The van der Waals surface area contributed by atoms with Crippen molar-refractivity contribution >= 4 is 11.8 Å². The smallest absolute Gasteiger partial charge is 0.222 e. The van der Waals surface area contributed by atoms with Crippen LogP contribution in [0.2, 0.25) is 0 Å². The molecule has 1 fully saturated rings. The zero-order chi connectivity index (χ0) is 14.2. The number of hydrogen-bond acceptors (Lipinski definition) is 3. The van der Waals surface area contributed by atoms with Gasteiger partial charge in [-0.15, -0.1) is 0 Å². The zero-order valence-corrected chi connectivity index (χ0v) is 11.8. The van der Waals surface area contributed by atoms with Crippen LogP contribution in [0, 0.1) is 0 Å². The van der Waals surface area contributed by atoms with Gasteiger partial charge in [-0.25, -0.2) is 0 Å². The van der Waals surface area contributed by atoms with Crippen LogP contribution >= 0.6 is 0 Å². The topological polar surface area (TPSA) is 62.6 Å². The Hall–Kier alpha value is -1.78. The first-order chi connectivity index (χ1) is 9.75. The Balaban J connectivity index is 1.62. The van der Waals surface area contributed by atoms with Crippen LogP contribution in [0.5, 0.6) is 0 Å². The van der Waals surface area contributed by atoms with Gasteiger partial charge in [0.1, 0.15) is 5.76 Å². The van der Waals surface area contributed by atoms with Gasteiger partial charge in [-0.3, -0.25) is 9.59 Å². The minimum absolute atomic E-state index is 0.00592. The number of carbonyl (C=O) groups excluding carboxylic acids is 2. The standard InChI is InChI=1S/C15H22N2O3/c18-14(16-9-7-13-5-4-12-20-13)8-11-17-10-3-1-2-6-15(17)19/h4-5,12H,1-3,6-11H2,(H,16,18). The van der Waals surface area contributed by atoms with E-state index in [1.54, 1.807) is 6.26 Å². The molecule has 0 bridgehead atoms. The number of nitrogens with one attached hydrogen (secondary N) is 1. The van der Waals surface area contributed by atoms with Crippen molar-refractivity contribution in [2.24, 2.45) is 0 Å². The molecule has 2 heterocycles. The van der Waals surface area contributed by atoms with Gasteiger partial charge in [0, 0.05) is 38.9 Å². The molecule has 1 aliphatic heterocycles. The maximum Gasteiger partial charge on any atom is 0.222 e. The van der Waals surface area contributed by atoms with Gasteiger partial charge in [-0.05, 0) is 25.0 Å². The van der Waals surface area contributed by atoms with Crippen molar-refractivity contribution in [1.29, 1.82) is 0 Å².